The van der Waals surface area contributed by atoms with Crippen LogP contribution in [0.5, 0.6) is 0 Å². The van der Waals surface area contributed by atoms with Gasteiger partial charge in [0.05, 0.1) is 0 Å². The monoisotopic (exact) mass is 232 g/mol. The summed E-state index contributed by atoms with van der Waals surface area (Å²) < 4.78 is 12.7. The second kappa shape index (κ2) is 6.37. The van der Waals surface area contributed by atoms with E-state index in [0.717, 1.165) is 0 Å². The molecule has 0 radical (unpaired) electrons. The number of rotatable bonds is 3. The zero-order chi connectivity index (χ0) is 10.6. The van der Waals surface area contributed by atoms with E-state index >= 15 is 0 Å². The van der Waals surface area contributed by atoms with Gasteiger partial charge in [-0.05, 0) is 25.1 Å². The summed E-state index contributed by atoms with van der Waals surface area (Å²) in [4.78, 5) is 11.4. The van der Waals surface area contributed by atoms with Crippen molar-refractivity contribution in [2.75, 3.05) is 6.54 Å². The summed E-state index contributed by atoms with van der Waals surface area (Å²) in [7, 11) is 0. The maximum atomic E-state index is 12.7. The number of nitrogens with one attached hydrogen (secondary N) is 1. The lowest BCUT2D eigenvalue weighted by Gasteiger charge is -2.10. The third-order valence-electron chi connectivity index (χ3n) is 1.82. The standard InChI is InChI=1S/C10H13FN2O.ClH/c1-7(6-12)13-10(14)8-3-2-4-9(11)5-8;/h2-5,7H,6,12H2,1H3,(H,13,14);1H/t7-;/m0./s1. The number of hydrogen-bond donors (Lipinski definition) is 2. The van der Waals surface area contributed by atoms with Crippen LogP contribution >= 0.6 is 12.4 Å². The van der Waals surface area contributed by atoms with Gasteiger partial charge in [-0.1, -0.05) is 6.07 Å². The van der Waals surface area contributed by atoms with Gasteiger partial charge in [0.1, 0.15) is 5.82 Å². The first-order valence-corrected chi connectivity index (χ1v) is 4.40. The average molecular weight is 233 g/mol. The van der Waals surface area contributed by atoms with Crippen LogP contribution in [0.25, 0.3) is 0 Å². The van der Waals surface area contributed by atoms with E-state index in [1.807, 2.05) is 0 Å². The molecule has 0 spiro atoms. The molecule has 0 saturated heterocycles. The van der Waals surface area contributed by atoms with E-state index in [1.165, 1.54) is 18.2 Å². The lowest BCUT2D eigenvalue weighted by molar-refractivity contribution is 0.0941. The van der Waals surface area contributed by atoms with Crippen molar-refractivity contribution in [2.24, 2.45) is 5.73 Å². The molecule has 0 bridgehead atoms. The van der Waals surface area contributed by atoms with E-state index in [4.69, 9.17) is 5.73 Å². The molecule has 1 atom stereocenters. The minimum absolute atomic E-state index is 0. The van der Waals surface area contributed by atoms with Gasteiger partial charge in [-0.3, -0.25) is 4.79 Å². The molecule has 15 heavy (non-hydrogen) atoms. The van der Waals surface area contributed by atoms with Gasteiger partial charge in [-0.25, -0.2) is 4.39 Å². The summed E-state index contributed by atoms with van der Waals surface area (Å²) in [6.45, 7) is 2.15. The highest BCUT2D eigenvalue weighted by atomic mass is 35.5. The van der Waals surface area contributed by atoms with Crippen molar-refractivity contribution in [1.82, 2.24) is 5.32 Å². The Balaban J connectivity index is 0.00000196. The van der Waals surface area contributed by atoms with Crippen LogP contribution in [0.15, 0.2) is 24.3 Å². The van der Waals surface area contributed by atoms with Gasteiger partial charge in [0, 0.05) is 18.2 Å². The molecule has 0 aromatic heterocycles. The van der Waals surface area contributed by atoms with Crippen molar-refractivity contribution in [3.8, 4) is 0 Å². The molecular weight excluding hydrogens is 219 g/mol. The van der Waals surface area contributed by atoms with Crippen LogP contribution in [0.3, 0.4) is 0 Å². The molecular formula is C10H14ClFN2O. The van der Waals surface area contributed by atoms with Gasteiger partial charge in [-0.15, -0.1) is 12.4 Å². The fraction of sp³-hybridized carbons (Fsp3) is 0.300. The number of amides is 1. The molecule has 84 valence electrons. The van der Waals surface area contributed by atoms with Crippen LogP contribution in [0.4, 0.5) is 4.39 Å². The fourth-order valence-electron chi connectivity index (χ4n) is 0.996. The molecule has 0 fully saturated rings. The normalized spacial score (nSPS) is 11.4. The summed E-state index contributed by atoms with van der Waals surface area (Å²) in [6, 6.07) is 5.44. The minimum atomic E-state index is -0.418. The van der Waals surface area contributed by atoms with E-state index in [-0.39, 0.29) is 24.4 Å². The Bertz CT molecular complexity index is 333. The van der Waals surface area contributed by atoms with Gasteiger partial charge < -0.3 is 11.1 Å². The van der Waals surface area contributed by atoms with E-state index in [2.05, 4.69) is 5.32 Å². The molecule has 1 rings (SSSR count). The highest BCUT2D eigenvalue weighted by Gasteiger charge is 2.08. The van der Waals surface area contributed by atoms with Crippen LogP contribution in [-0.2, 0) is 0 Å². The predicted molar refractivity (Wildman–Crippen MR) is 59.6 cm³/mol. The Morgan fingerprint density at radius 3 is 2.80 bits per heavy atom. The number of hydrogen-bond acceptors (Lipinski definition) is 2. The molecule has 0 saturated carbocycles. The Labute approximate surface area is 94.3 Å². The molecule has 0 unspecified atom stereocenters. The smallest absolute Gasteiger partial charge is 0.251 e. The Morgan fingerprint density at radius 2 is 2.27 bits per heavy atom. The summed E-state index contributed by atoms with van der Waals surface area (Å²) in [5.41, 5.74) is 5.65. The lowest BCUT2D eigenvalue weighted by Crippen LogP contribution is -2.37. The summed E-state index contributed by atoms with van der Waals surface area (Å²) in [5, 5.41) is 2.64. The highest BCUT2D eigenvalue weighted by molar-refractivity contribution is 5.94. The molecule has 0 heterocycles. The number of carbonyl (C=O) groups excluding carboxylic acids is 1. The maximum Gasteiger partial charge on any atom is 0.251 e. The van der Waals surface area contributed by atoms with Crippen molar-refractivity contribution in [1.29, 1.82) is 0 Å². The predicted octanol–water partition coefficient (Wildman–Crippen LogP) is 1.32. The van der Waals surface area contributed by atoms with Crippen LogP contribution in [0.1, 0.15) is 17.3 Å². The lowest BCUT2D eigenvalue weighted by atomic mass is 10.2. The number of halogens is 2. The first-order valence-electron chi connectivity index (χ1n) is 4.40. The molecule has 3 N–H and O–H groups in total. The van der Waals surface area contributed by atoms with Crippen molar-refractivity contribution < 1.29 is 9.18 Å². The van der Waals surface area contributed by atoms with Crippen molar-refractivity contribution in [2.45, 2.75) is 13.0 Å². The topological polar surface area (TPSA) is 55.1 Å². The SMILES string of the molecule is C[C@@H](CN)NC(=O)c1cccc(F)c1.Cl. The fourth-order valence-corrected chi connectivity index (χ4v) is 0.996. The van der Waals surface area contributed by atoms with Crippen molar-refractivity contribution in [3.05, 3.63) is 35.6 Å². The third-order valence-corrected chi connectivity index (χ3v) is 1.82. The van der Waals surface area contributed by atoms with E-state index in [1.54, 1.807) is 13.0 Å². The minimum Gasteiger partial charge on any atom is -0.348 e. The molecule has 1 aromatic carbocycles. The second-order valence-electron chi connectivity index (χ2n) is 3.12. The first kappa shape index (κ1) is 13.9. The summed E-state index contributed by atoms with van der Waals surface area (Å²) >= 11 is 0. The average Bonchev–Trinajstić information content (AvgIpc) is 2.17. The quantitative estimate of drug-likeness (QED) is 0.826. The van der Waals surface area contributed by atoms with Gasteiger partial charge in [0.25, 0.3) is 5.91 Å². The largest absolute Gasteiger partial charge is 0.348 e. The molecule has 0 aliphatic carbocycles. The number of nitrogens with two attached hydrogens (primary N) is 1. The van der Waals surface area contributed by atoms with Crippen LogP contribution < -0.4 is 11.1 Å². The molecule has 1 amide bonds. The van der Waals surface area contributed by atoms with Crippen LogP contribution in [0.2, 0.25) is 0 Å². The Hall–Kier alpha value is -1.13. The van der Waals surface area contributed by atoms with Crippen LogP contribution in [-0.4, -0.2) is 18.5 Å². The molecule has 0 aliphatic rings. The van der Waals surface area contributed by atoms with E-state index in [9.17, 15) is 9.18 Å². The highest BCUT2D eigenvalue weighted by Crippen LogP contribution is 2.03. The van der Waals surface area contributed by atoms with Gasteiger partial charge >= 0.3 is 0 Å². The van der Waals surface area contributed by atoms with E-state index in [0.29, 0.717) is 12.1 Å². The molecule has 5 heteroatoms. The second-order valence-corrected chi connectivity index (χ2v) is 3.12. The van der Waals surface area contributed by atoms with Crippen molar-refractivity contribution in [3.63, 3.8) is 0 Å². The number of carbonyl (C=O) groups is 1. The maximum absolute atomic E-state index is 12.7. The zero-order valence-electron chi connectivity index (χ0n) is 8.37. The van der Waals surface area contributed by atoms with E-state index < -0.39 is 5.82 Å². The van der Waals surface area contributed by atoms with Gasteiger partial charge in [0.2, 0.25) is 0 Å². The number of benzene rings is 1. The van der Waals surface area contributed by atoms with Gasteiger partial charge in [-0.2, -0.15) is 0 Å². The Morgan fingerprint density at radius 1 is 1.60 bits per heavy atom. The summed E-state index contributed by atoms with van der Waals surface area (Å²) in [6.07, 6.45) is 0. The molecule has 0 aliphatic heterocycles. The third kappa shape index (κ3) is 4.27. The summed E-state index contributed by atoms with van der Waals surface area (Å²) in [5.74, 6) is -0.722. The van der Waals surface area contributed by atoms with Crippen LogP contribution in [0, 0.1) is 5.82 Å². The van der Waals surface area contributed by atoms with Gasteiger partial charge in [0.15, 0.2) is 0 Å². The zero-order valence-corrected chi connectivity index (χ0v) is 9.18. The van der Waals surface area contributed by atoms with Crippen molar-refractivity contribution >= 4 is 18.3 Å². The molecule has 1 aromatic rings. The Kier molecular flexibility index (Phi) is 5.89. The molecule has 3 nitrogen and oxygen atoms in total. The first-order chi connectivity index (χ1) is 6.63.